The quantitative estimate of drug-likeness (QED) is 0.347. The van der Waals surface area contributed by atoms with Gasteiger partial charge < -0.3 is 10.2 Å². The second kappa shape index (κ2) is 9.63. The summed E-state index contributed by atoms with van der Waals surface area (Å²) in [7, 11) is 1.71. The Balaban J connectivity index is 1.68. The van der Waals surface area contributed by atoms with Crippen LogP contribution in [0, 0.1) is 0 Å². The molecule has 1 saturated heterocycles. The molecule has 1 aromatic heterocycles. The second-order valence-electron chi connectivity index (χ2n) is 5.71. The topological polar surface area (TPSA) is 43.8 Å². The SMILES string of the molecule is CN=C(NCCCSc1nccs1)N1CCN(C(C)C(F)(F)F)CC1. The third-order valence-electron chi connectivity index (χ3n) is 4.09. The third kappa shape index (κ3) is 6.34. The summed E-state index contributed by atoms with van der Waals surface area (Å²) in [5, 5.41) is 5.26. The lowest BCUT2D eigenvalue weighted by molar-refractivity contribution is -0.181. The molecule has 1 unspecified atom stereocenters. The average Bonchev–Trinajstić information content (AvgIpc) is 3.10. The molecule has 1 aliphatic rings. The zero-order valence-corrected chi connectivity index (χ0v) is 16.1. The molecule has 142 valence electrons. The summed E-state index contributed by atoms with van der Waals surface area (Å²) in [6.45, 7) is 3.89. The number of piperazine rings is 1. The minimum Gasteiger partial charge on any atom is -0.356 e. The molecule has 0 radical (unpaired) electrons. The number of rotatable bonds is 6. The summed E-state index contributed by atoms with van der Waals surface area (Å²) in [6, 6.07) is -1.40. The Kier molecular flexibility index (Phi) is 7.82. The number of halogens is 3. The molecule has 1 atom stereocenters. The van der Waals surface area contributed by atoms with E-state index in [1.54, 1.807) is 36.3 Å². The van der Waals surface area contributed by atoms with Crippen molar-refractivity contribution in [2.45, 2.75) is 29.9 Å². The zero-order chi connectivity index (χ0) is 18.3. The Bertz CT molecular complexity index is 528. The molecule has 1 N–H and O–H groups in total. The molecular formula is C15H24F3N5S2. The van der Waals surface area contributed by atoms with Crippen molar-refractivity contribution in [3.05, 3.63) is 11.6 Å². The molecular weight excluding hydrogens is 371 g/mol. The molecule has 0 aliphatic carbocycles. The lowest BCUT2D eigenvalue weighted by Gasteiger charge is -2.39. The first-order chi connectivity index (χ1) is 11.9. The third-order valence-corrected chi connectivity index (χ3v) is 6.14. The van der Waals surface area contributed by atoms with E-state index in [1.165, 1.54) is 11.8 Å². The van der Waals surface area contributed by atoms with E-state index in [0.717, 1.165) is 29.0 Å². The number of hydrogen-bond donors (Lipinski definition) is 1. The summed E-state index contributed by atoms with van der Waals surface area (Å²) in [5.74, 6) is 1.73. The number of guanidine groups is 1. The molecule has 0 spiro atoms. The van der Waals surface area contributed by atoms with Crippen molar-refractivity contribution in [1.82, 2.24) is 20.1 Å². The molecule has 1 fully saturated rings. The normalized spacial score (nSPS) is 18.4. The lowest BCUT2D eigenvalue weighted by Crippen LogP contribution is -2.56. The van der Waals surface area contributed by atoms with Gasteiger partial charge >= 0.3 is 6.18 Å². The summed E-state index contributed by atoms with van der Waals surface area (Å²) >= 11 is 3.36. The van der Waals surface area contributed by atoms with Crippen LogP contribution in [0.4, 0.5) is 13.2 Å². The zero-order valence-electron chi connectivity index (χ0n) is 14.4. The molecule has 2 heterocycles. The second-order valence-corrected chi connectivity index (χ2v) is 7.95. The first-order valence-corrected chi connectivity index (χ1v) is 10.1. The average molecular weight is 396 g/mol. The van der Waals surface area contributed by atoms with Crippen molar-refractivity contribution in [3.8, 4) is 0 Å². The molecule has 1 aromatic rings. The summed E-state index contributed by atoms with van der Waals surface area (Å²) in [4.78, 5) is 12.0. The number of hydrogen-bond acceptors (Lipinski definition) is 5. The van der Waals surface area contributed by atoms with Gasteiger partial charge in [-0.15, -0.1) is 11.3 Å². The fourth-order valence-corrected chi connectivity index (χ4v) is 4.22. The van der Waals surface area contributed by atoms with Crippen molar-refractivity contribution < 1.29 is 13.2 Å². The summed E-state index contributed by atoms with van der Waals surface area (Å²) in [5.41, 5.74) is 0. The Morgan fingerprint density at radius 1 is 1.40 bits per heavy atom. The summed E-state index contributed by atoms with van der Waals surface area (Å²) in [6.07, 6.45) is -1.40. The highest BCUT2D eigenvalue weighted by Crippen LogP contribution is 2.25. The van der Waals surface area contributed by atoms with Gasteiger partial charge in [-0.25, -0.2) is 4.98 Å². The van der Waals surface area contributed by atoms with Crippen LogP contribution >= 0.6 is 23.1 Å². The monoisotopic (exact) mass is 395 g/mol. The highest BCUT2D eigenvalue weighted by atomic mass is 32.2. The molecule has 0 bridgehead atoms. The van der Waals surface area contributed by atoms with E-state index in [-0.39, 0.29) is 0 Å². The maximum Gasteiger partial charge on any atom is 0.403 e. The van der Waals surface area contributed by atoms with Crippen LogP contribution in [0.25, 0.3) is 0 Å². The van der Waals surface area contributed by atoms with Gasteiger partial charge in [-0.1, -0.05) is 11.8 Å². The molecule has 5 nitrogen and oxygen atoms in total. The van der Waals surface area contributed by atoms with E-state index in [0.29, 0.717) is 26.2 Å². The Morgan fingerprint density at radius 3 is 2.68 bits per heavy atom. The van der Waals surface area contributed by atoms with Gasteiger partial charge in [0, 0.05) is 57.1 Å². The first kappa shape index (κ1) is 20.3. The van der Waals surface area contributed by atoms with Gasteiger partial charge in [-0.3, -0.25) is 9.89 Å². The van der Waals surface area contributed by atoms with E-state index >= 15 is 0 Å². The van der Waals surface area contributed by atoms with Crippen LogP contribution in [0.15, 0.2) is 20.9 Å². The first-order valence-electron chi connectivity index (χ1n) is 8.20. The minimum absolute atomic E-state index is 0.390. The Labute approximate surface area is 154 Å². The molecule has 25 heavy (non-hydrogen) atoms. The van der Waals surface area contributed by atoms with E-state index in [9.17, 15) is 13.2 Å². The fourth-order valence-electron chi connectivity index (χ4n) is 2.57. The van der Waals surface area contributed by atoms with Crippen molar-refractivity contribution in [2.75, 3.05) is 45.5 Å². The smallest absolute Gasteiger partial charge is 0.356 e. The highest BCUT2D eigenvalue weighted by Gasteiger charge is 2.41. The maximum absolute atomic E-state index is 12.8. The number of nitrogens with one attached hydrogen (secondary N) is 1. The number of aromatic nitrogens is 1. The molecule has 0 saturated carbocycles. The van der Waals surface area contributed by atoms with Crippen LogP contribution in [0.5, 0.6) is 0 Å². The van der Waals surface area contributed by atoms with Gasteiger partial charge in [0.05, 0.1) is 0 Å². The van der Waals surface area contributed by atoms with Crippen LogP contribution < -0.4 is 5.32 Å². The number of alkyl halides is 3. The van der Waals surface area contributed by atoms with Gasteiger partial charge in [0.25, 0.3) is 0 Å². The van der Waals surface area contributed by atoms with Gasteiger partial charge in [0.1, 0.15) is 10.4 Å². The van der Waals surface area contributed by atoms with Crippen molar-refractivity contribution in [2.24, 2.45) is 4.99 Å². The highest BCUT2D eigenvalue weighted by molar-refractivity contribution is 8.00. The maximum atomic E-state index is 12.8. The van der Waals surface area contributed by atoms with Gasteiger partial charge in [0.15, 0.2) is 5.96 Å². The standard InChI is InChI=1S/C15H24F3N5S2/c1-12(15(16,17)18)22-6-8-23(9-7-22)13(19-2)20-4-3-10-24-14-21-5-11-25-14/h5,11-12H,3-4,6-10H2,1-2H3,(H,19,20). The van der Waals surface area contributed by atoms with Crippen molar-refractivity contribution in [3.63, 3.8) is 0 Å². The van der Waals surface area contributed by atoms with Crippen LogP contribution in [-0.2, 0) is 0 Å². The predicted molar refractivity (Wildman–Crippen MR) is 97.5 cm³/mol. The predicted octanol–water partition coefficient (Wildman–Crippen LogP) is 2.77. The van der Waals surface area contributed by atoms with Crippen LogP contribution in [0.2, 0.25) is 0 Å². The summed E-state index contributed by atoms with van der Waals surface area (Å²) < 4.78 is 39.5. The molecule has 10 heteroatoms. The Hall–Kier alpha value is -1.00. The number of thiazole rings is 1. The largest absolute Gasteiger partial charge is 0.403 e. The lowest BCUT2D eigenvalue weighted by atomic mass is 10.2. The van der Waals surface area contributed by atoms with Gasteiger partial charge in [0.2, 0.25) is 0 Å². The van der Waals surface area contributed by atoms with Crippen molar-refractivity contribution in [1.29, 1.82) is 0 Å². The minimum atomic E-state index is -4.17. The van der Waals surface area contributed by atoms with Crippen LogP contribution in [-0.4, -0.2) is 78.5 Å². The van der Waals surface area contributed by atoms with E-state index in [4.69, 9.17) is 0 Å². The van der Waals surface area contributed by atoms with E-state index in [1.807, 2.05) is 10.3 Å². The van der Waals surface area contributed by atoms with Gasteiger partial charge in [-0.2, -0.15) is 13.2 Å². The van der Waals surface area contributed by atoms with Crippen LogP contribution in [0.3, 0.4) is 0 Å². The molecule has 2 rings (SSSR count). The Morgan fingerprint density at radius 2 is 2.12 bits per heavy atom. The number of aliphatic imine (C=N–C) groups is 1. The van der Waals surface area contributed by atoms with Crippen LogP contribution in [0.1, 0.15) is 13.3 Å². The van der Waals surface area contributed by atoms with Gasteiger partial charge in [-0.05, 0) is 13.3 Å². The fraction of sp³-hybridized carbons (Fsp3) is 0.733. The molecule has 0 amide bonds. The molecule has 0 aromatic carbocycles. The van der Waals surface area contributed by atoms with Crippen molar-refractivity contribution >= 4 is 29.1 Å². The number of nitrogens with zero attached hydrogens (tertiary/aromatic N) is 4. The van der Waals surface area contributed by atoms with E-state index < -0.39 is 12.2 Å². The number of thioether (sulfide) groups is 1. The molecule has 1 aliphatic heterocycles. The van der Waals surface area contributed by atoms with E-state index in [2.05, 4.69) is 15.3 Å².